The Kier molecular flexibility index (Phi) is 4.29. The molecule has 3 nitrogen and oxygen atoms in total. The number of nitrogens with one attached hydrogen (secondary N) is 1. The van der Waals surface area contributed by atoms with Gasteiger partial charge in [0.2, 0.25) is 0 Å². The summed E-state index contributed by atoms with van der Waals surface area (Å²) >= 11 is 3.59. The minimum atomic E-state index is -0.0736. The summed E-state index contributed by atoms with van der Waals surface area (Å²) in [5, 5.41) is 0. The third-order valence-corrected chi connectivity index (χ3v) is 4.92. The molecule has 0 saturated carbocycles. The molecule has 1 atom stereocenters. The van der Waals surface area contributed by atoms with E-state index < -0.39 is 0 Å². The van der Waals surface area contributed by atoms with Gasteiger partial charge in [0.15, 0.2) is 0 Å². The first-order valence-corrected chi connectivity index (χ1v) is 7.97. The van der Waals surface area contributed by atoms with E-state index >= 15 is 0 Å². The predicted octanol–water partition coefficient (Wildman–Crippen LogP) is 3.64. The number of hydrogen-bond acceptors (Lipinski definition) is 3. The Bertz CT molecular complexity index is 657. The maximum Gasteiger partial charge on any atom is 0.127 e. The molecule has 2 aromatic carbocycles. The van der Waals surface area contributed by atoms with Gasteiger partial charge in [-0.1, -0.05) is 46.3 Å². The van der Waals surface area contributed by atoms with Crippen LogP contribution in [0.15, 0.2) is 40.9 Å². The summed E-state index contributed by atoms with van der Waals surface area (Å²) in [7, 11) is 0. The summed E-state index contributed by atoms with van der Waals surface area (Å²) in [5.41, 5.74) is 7.68. The summed E-state index contributed by atoms with van der Waals surface area (Å²) in [6.07, 6.45) is 2.14. The summed E-state index contributed by atoms with van der Waals surface area (Å²) in [5.74, 6) is 6.86. The Morgan fingerprint density at radius 2 is 1.95 bits per heavy atom. The van der Waals surface area contributed by atoms with Crippen molar-refractivity contribution in [1.82, 2.24) is 5.43 Å². The quantitative estimate of drug-likeness (QED) is 0.658. The van der Waals surface area contributed by atoms with E-state index in [1.54, 1.807) is 0 Å². The van der Waals surface area contributed by atoms with E-state index in [4.69, 9.17) is 10.6 Å². The van der Waals surface area contributed by atoms with Crippen LogP contribution in [0.3, 0.4) is 0 Å². The molecule has 3 rings (SSSR count). The highest BCUT2D eigenvalue weighted by atomic mass is 79.9. The number of benzene rings is 2. The third-order valence-electron chi connectivity index (χ3n) is 4.06. The summed E-state index contributed by atoms with van der Waals surface area (Å²) < 4.78 is 7.01. The van der Waals surface area contributed by atoms with E-state index in [0.29, 0.717) is 0 Å². The van der Waals surface area contributed by atoms with Gasteiger partial charge in [0, 0.05) is 10.0 Å². The van der Waals surface area contributed by atoms with Gasteiger partial charge in [-0.25, -0.2) is 5.43 Å². The van der Waals surface area contributed by atoms with Crippen molar-refractivity contribution < 1.29 is 4.74 Å². The minimum absolute atomic E-state index is 0.0736. The van der Waals surface area contributed by atoms with Crippen molar-refractivity contribution in [3.8, 4) is 5.75 Å². The third kappa shape index (κ3) is 2.71. The molecule has 0 amide bonds. The van der Waals surface area contributed by atoms with Crippen LogP contribution in [0.2, 0.25) is 0 Å². The van der Waals surface area contributed by atoms with Crippen LogP contribution >= 0.6 is 15.9 Å². The maximum atomic E-state index is 5.92. The summed E-state index contributed by atoms with van der Waals surface area (Å²) in [6, 6.07) is 12.4. The lowest BCUT2D eigenvalue weighted by Gasteiger charge is -2.26. The van der Waals surface area contributed by atoms with Crippen LogP contribution in [0.1, 0.15) is 34.7 Å². The molecule has 1 unspecified atom stereocenters. The number of hydrazine groups is 1. The first-order chi connectivity index (χ1) is 10.2. The van der Waals surface area contributed by atoms with Gasteiger partial charge in [-0.3, -0.25) is 5.84 Å². The van der Waals surface area contributed by atoms with Gasteiger partial charge in [0.1, 0.15) is 5.75 Å². The van der Waals surface area contributed by atoms with Crippen LogP contribution in [-0.4, -0.2) is 6.61 Å². The molecule has 0 bridgehead atoms. The van der Waals surface area contributed by atoms with Gasteiger partial charge in [-0.05, 0) is 42.5 Å². The second-order valence-corrected chi connectivity index (χ2v) is 6.20. The Labute approximate surface area is 133 Å². The number of nitrogens with two attached hydrogens (primary N) is 1. The lowest BCUT2D eigenvalue weighted by molar-refractivity contribution is 0.283. The van der Waals surface area contributed by atoms with Crippen LogP contribution < -0.4 is 16.0 Å². The second kappa shape index (κ2) is 6.18. The number of para-hydroxylation sites is 1. The second-order valence-electron chi connectivity index (χ2n) is 5.34. The average Bonchev–Trinajstić information content (AvgIpc) is 2.52. The van der Waals surface area contributed by atoms with E-state index in [0.717, 1.165) is 40.8 Å². The molecule has 21 heavy (non-hydrogen) atoms. The lowest BCUT2D eigenvalue weighted by Crippen LogP contribution is -2.30. The van der Waals surface area contributed by atoms with Crippen LogP contribution in [0.5, 0.6) is 5.75 Å². The van der Waals surface area contributed by atoms with Crippen molar-refractivity contribution in [2.24, 2.45) is 5.84 Å². The van der Waals surface area contributed by atoms with Gasteiger partial charge in [-0.15, -0.1) is 0 Å². The standard InChI is InChI=1S/C17H19BrN2O/c1-11-13(7-3-9-15(11)18)16(20-19)14-8-2-5-12-6-4-10-21-17(12)14/h2-3,5,7-9,16,20H,4,6,10,19H2,1H3. The molecular formula is C17H19BrN2O. The fourth-order valence-electron chi connectivity index (χ4n) is 2.93. The molecule has 1 aliphatic rings. The minimum Gasteiger partial charge on any atom is -0.493 e. The van der Waals surface area contributed by atoms with Gasteiger partial charge in [0.25, 0.3) is 0 Å². The van der Waals surface area contributed by atoms with Crippen molar-refractivity contribution in [3.63, 3.8) is 0 Å². The van der Waals surface area contributed by atoms with Crippen molar-refractivity contribution in [3.05, 3.63) is 63.1 Å². The van der Waals surface area contributed by atoms with Crippen LogP contribution in [0, 0.1) is 6.92 Å². The van der Waals surface area contributed by atoms with E-state index in [1.165, 1.54) is 11.1 Å². The molecule has 0 saturated heterocycles. The van der Waals surface area contributed by atoms with E-state index in [1.807, 2.05) is 12.1 Å². The average molecular weight is 347 g/mol. The zero-order valence-electron chi connectivity index (χ0n) is 12.0. The smallest absolute Gasteiger partial charge is 0.127 e. The van der Waals surface area contributed by atoms with Crippen LogP contribution in [0.25, 0.3) is 0 Å². The van der Waals surface area contributed by atoms with E-state index in [2.05, 4.69) is 52.5 Å². The Balaban J connectivity index is 2.11. The highest BCUT2D eigenvalue weighted by Gasteiger charge is 2.23. The number of fused-ring (bicyclic) bond motifs is 1. The largest absolute Gasteiger partial charge is 0.493 e. The van der Waals surface area contributed by atoms with Gasteiger partial charge in [0.05, 0.1) is 12.6 Å². The lowest BCUT2D eigenvalue weighted by atomic mass is 9.92. The highest BCUT2D eigenvalue weighted by molar-refractivity contribution is 9.10. The molecule has 3 N–H and O–H groups in total. The number of hydrogen-bond donors (Lipinski definition) is 2. The molecule has 1 heterocycles. The fourth-order valence-corrected chi connectivity index (χ4v) is 3.31. The molecule has 0 radical (unpaired) electrons. The molecule has 110 valence electrons. The highest BCUT2D eigenvalue weighted by Crippen LogP contribution is 2.37. The van der Waals surface area contributed by atoms with Crippen molar-refractivity contribution in [2.45, 2.75) is 25.8 Å². The van der Waals surface area contributed by atoms with Crippen molar-refractivity contribution in [1.29, 1.82) is 0 Å². The number of aryl methyl sites for hydroxylation is 1. The molecule has 4 heteroatoms. The Morgan fingerprint density at radius 1 is 1.19 bits per heavy atom. The molecule has 1 aliphatic heterocycles. The normalized spacial score (nSPS) is 15.2. The molecule has 0 spiro atoms. The van der Waals surface area contributed by atoms with Crippen molar-refractivity contribution in [2.75, 3.05) is 6.61 Å². The SMILES string of the molecule is Cc1c(Br)cccc1C(NN)c1cccc2c1OCCC2. The van der Waals surface area contributed by atoms with E-state index in [-0.39, 0.29) is 6.04 Å². The van der Waals surface area contributed by atoms with Gasteiger partial charge >= 0.3 is 0 Å². The molecule has 0 aliphatic carbocycles. The van der Waals surface area contributed by atoms with Crippen molar-refractivity contribution >= 4 is 15.9 Å². The molecule has 0 fully saturated rings. The summed E-state index contributed by atoms with van der Waals surface area (Å²) in [4.78, 5) is 0. The van der Waals surface area contributed by atoms with E-state index in [9.17, 15) is 0 Å². The fraction of sp³-hybridized carbons (Fsp3) is 0.294. The zero-order chi connectivity index (χ0) is 14.8. The molecule has 2 aromatic rings. The Morgan fingerprint density at radius 3 is 2.76 bits per heavy atom. The first-order valence-electron chi connectivity index (χ1n) is 7.18. The predicted molar refractivity (Wildman–Crippen MR) is 88.3 cm³/mol. The molecule has 0 aromatic heterocycles. The topological polar surface area (TPSA) is 47.3 Å². The maximum absolute atomic E-state index is 5.92. The number of rotatable bonds is 3. The van der Waals surface area contributed by atoms with Gasteiger partial charge < -0.3 is 4.74 Å². The number of halogens is 1. The monoisotopic (exact) mass is 346 g/mol. The number of ether oxygens (including phenoxy) is 1. The first kappa shape index (κ1) is 14.6. The van der Waals surface area contributed by atoms with Crippen LogP contribution in [-0.2, 0) is 6.42 Å². The van der Waals surface area contributed by atoms with Gasteiger partial charge in [-0.2, -0.15) is 0 Å². The molecular weight excluding hydrogens is 328 g/mol. The Hall–Kier alpha value is -1.36. The summed E-state index contributed by atoms with van der Waals surface area (Å²) in [6.45, 7) is 2.87. The zero-order valence-corrected chi connectivity index (χ0v) is 13.6. The van der Waals surface area contributed by atoms with Crippen LogP contribution in [0.4, 0.5) is 0 Å².